The fourth-order valence-electron chi connectivity index (χ4n) is 2.71. The highest BCUT2D eigenvalue weighted by Gasteiger charge is 2.15. The largest absolute Gasteiger partial charge is 0.497 e. The van der Waals surface area contributed by atoms with Crippen LogP contribution in [0.5, 0.6) is 5.75 Å². The van der Waals surface area contributed by atoms with Gasteiger partial charge in [-0.15, -0.1) is 0 Å². The first-order valence-electron chi connectivity index (χ1n) is 8.38. The van der Waals surface area contributed by atoms with Crippen molar-refractivity contribution < 1.29 is 4.74 Å². The third-order valence-electron chi connectivity index (χ3n) is 3.97. The zero-order valence-electron chi connectivity index (χ0n) is 14.8. The zero-order chi connectivity index (χ0) is 16.7. The van der Waals surface area contributed by atoms with E-state index in [1.54, 1.807) is 7.11 Å². The van der Waals surface area contributed by atoms with Crippen molar-refractivity contribution in [2.45, 2.75) is 39.2 Å². The summed E-state index contributed by atoms with van der Waals surface area (Å²) in [6.45, 7) is 7.68. The van der Waals surface area contributed by atoms with Gasteiger partial charge < -0.3 is 10.1 Å². The molecule has 1 unspecified atom stereocenters. The van der Waals surface area contributed by atoms with E-state index in [1.165, 1.54) is 11.1 Å². The number of hydrogen-bond acceptors (Lipinski definition) is 2. The lowest BCUT2D eigenvalue weighted by Crippen LogP contribution is -2.40. The van der Waals surface area contributed by atoms with Crippen molar-refractivity contribution in [1.29, 1.82) is 0 Å². The molecular formula is C21H29NO. The quantitative estimate of drug-likeness (QED) is 0.814. The van der Waals surface area contributed by atoms with Crippen LogP contribution >= 0.6 is 0 Å². The Morgan fingerprint density at radius 2 is 1.43 bits per heavy atom. The number of benzene rings is 2. The lowest BCUT2D eigenvalue weighted by Gasteiger charge is -2.25. The smallest absolute Gasteiger partial charge is 0.118 e. The highest BCUT2D eigenvalue weighted by atomic mass is 16.5. The summed E-state index contributed by atoms with van der Waals surface area (Å²) in [6, 6.07) is 19.2. The molecule has 23 heavy (non-hydrogen) atoms. The van der Waals surface area contributed by atoms with Gasteiger partial charge in [0.1, 0.15) is 5.75 Å². The van der Waals surface area contributed by atoms with E-state index < -0.39 is 0 Å². The molecule has 0 aliphatic rings. The Hall–Kier alpha value is -1.80. The predicted octanol–water partition coefficient (Wildman–Crippen LogP) is 4.48. The topological polar surface area (TPSA) is 21.3 Å². The molecule has 0 amide bonds. The van der Waals surface area contributed by atoms with E-state index >= 15 is 0 Å². The van der Waals surface area contributed by atoms with Gasteiger partial charge in [0.05, 0.1) is 7.11 Å². The van der Waals surface area contributed by atoms with Gasteiger partial charge in [0.15, 0.2) is 0 Å². The summed E-state index contributed by atoms with van der Waals surface area (Å²) in [4.78, 5) is 0. The molecule has 0 fully saturated rings. The van der Waals surface area contributed by atoms with Crippen LogP contribution in [-0.2, 0) is 12.8 Å². The predicted molar refractivity (Wildman–Crippen MR) is 98.1 cm³/mol. The number of hydrogen-bond donors (Lipinski definition) is 1. The van der Waals surface area contributed by atoms with E-state index in [1.807, 2.05) is 12.1 Å². The van der Waals surface area contributed by atoms with Gasteiger partial charge in [-0.05, 0) is 69.3 Å². The van der Waals surface area contributed by atoms with Crippen molar-refractivity contribution in [2.75, 3.05) is 13.7 Å². The first-order chi connectivity index (χ1) is 11.0. The highest BCUT2D eigenvalue weighted by Crippen LogP contribution is 2.18. The Bertz CT molecular complexity index is 569. The van der Waals surface area contributed by atoms with Gasteiger partial charge in [-0.25, -0.2) is 0 Å². The lowest BCUT2D eigenvalue weighted by molar-refractivity contribution is 0.367. The van der Waals surface area contributed by atoms with Crippen molar-refractivity contribution in [3.05, 3.63) is 65.7 Å². The lowest BCUT2D eigenvalue weighted by atomic mass is 9.91. The van der Waals surface area contributed by atoms with Crippen LogP contribution in [0, 0.1) is 5.92 Å². The van der Waals surface area contributed by atoms with Crippen LogP contribution in [0.25, 0.3) is 0 Å². The molecule has 0 saturated carbocycles. The van der Waals surface area contributed by atoms with E-state index in [4.69, 9.17) is 4.74 Å². The molecule has 0 aliphatic carbocycles. The van der Waals surface area contributed by atoms with Crippen LogP contribution in [0.3, 0.4) is 0 Å². The van der Waals surface area contributed by atoms with Crippen LogP contribution in [-0.4, -0.2) is 19.2 Å². The Morgan fingerprint density at radius 3 is 1.96 bits per heavy atom. The number of methoxy groups -OCH3 is 1. The molecule has 0 heterocycles. The summed E-state index contributed by atoms with van der Waals surface area (Å²) in [5.74, 6) is 1.49. The Labute approximate surface area is 140 Å². The molecule has 124 valence electrons. The molecule has 2 aromatic rings. The Balaban J connectivity index is 2.05. The minimum absolute atomic E-state index is 0.148. The third-order valence-corrected chi connectivity index (χ3v) is 3.97. The minimum atomic E-state index is 0.148. The molecule has 0 aromatic heterocycles. The molecule has 1 atom stereocenters. The van der Waals surface area contributed by atoms with Crippen molar-refractivity contribution >= 4 is 0 Å². The molecule has 2 aromatic carbocycles. The van der Waals surface area contributed by atoms with Crippen molar-refractivity contribution in [1.82, 2.24) is 5.32 Å². The molecule has 2 rings (SSSR count). The summed E-state index contributed by atoms with van der Waals surface area (Å²) in [7, 11) is 1.71. The fraction of sp³-hybridized carbons (Fsp3) is 0.429. The second kappa shape index (κ2) is 8.16. The van der Waals surface area contributed by atoms with Gasteiger partial charge in [0.25, 0.3) is 0 Å². The first-order valence-corrected chi connectivity index (χ1v) is 8.38. The van der Waals surface area contributed by atoms with E-state index in [0.29, 0.717) is 5.92 Å². The van der Waals surface area contributed by atoms with Crippen LogP contribution in [0.15, 0.2) is 54.6 Å². The molecule has 1 N–H and O–H groups in total. The average Bonchev–Trinajstić information content (AvgIpc) is 2.54. The fourth-order valence-corrected chi connectivity index (χ4v) is 2.71. The molecule has 2 heteroatoms. The van der Waals surface area contributed by atoms with Crippen molar-refractivity contribution in [3.8, 4) is 5.75 Å². The van der Waals surface area contributed by atoms with Gasteiger partial charge >= 0.3 is 0 Å². The van der Waals surface area contributed by atoms with Gasteiger partial charge in [0, 0.05) is 5.54 Å². The molecule has 0 aliphatic heterocycles. The first kappa shape index (κ1) is 17.6. The van der Waals surface area contributed by atoms with Crippen LogP contribution < -0.4 is 10.1 Å². The van der Waals surface area contributed by atoms with E-state index in [-0.39, 0.29) is 5.54 Å². The van der Waals surface area contributed by atoms with Gasteiger partial charge in [-0.2, -0.15) is 0 Å². The maximum atomic E-state index is 5.25. The maximum absolute atomic E-state index is 5.25. The SMILES string of the molecule is COc1ccc(CC(CNC(C)(C)C)Cc2ccccc2)cc1. The van der Waals surface area contributed by atoms with Crippen LogP contribution in [0.2, 0.25) is 0 Å². The third kappa shape index (κ3) is 6.45. The van der Waals surface area contributed by atoms with Gasteiger partial charge in [-0.3, -0.25) is 0 Å². The Kier molecular flexibility index (Phi) is 6.23. The second-order valence-corrected chi connectivity index (χ2v) is 7.24. The van der Waals surface area contributed by atoms with Crippen LogP contribution in [0.1, 0.15) is 31.9 Å². The maximum Gasteiger partial charge on any atom is 0.118 e. The normalized spacial score (nSPS) is 12.9. The monoisotopic (exact) mass is 311 g/mol. The standard InChI is InChI=1S/C21H29NO/c1-21(2,3)22-16-19(14-17-8-6-5-7-9-17)15-18-10-12-20(23-4)13-11-18/h5-13,19,22H,14-16H2,1-4H3. The van der Waals surface area contributed by atoms with Gasteiger partial charge in [-0.1, -0.05) is 42.5 Å². The molecular weight excluding hydrogens is 282 g/mol. The van der Waals surface area contributed by atoms with Crippen LogP contribution in [0.4, 0.5) is 0 Å². The van der Waals surface area contributed by atoms with Crippen molar-refractivity contribution in [3.63, 3.8) is 0 Å². The van der Waals surface area contributed by atoms with Crippen molar-refractivity contribution in [2.24, 2.45) is 5.92 Å². The zero-order valence-corrected chi connectivity index (χ0v) is 14.8. The number of ether oxygens (including phenoxy) is 1. The van der Waals surface area contributed by atoms with E-state index in [0.717, 1.165) is 25.1 Å². The average molecular weight is 311 g/mol. The van der Waals surface area contributed by atoms with Gasteiger partial charge in [0.2, 0.25) is 0 Å². The van der Waals surface area contributed by atoms with E-state index in [2.05, 4.69) is 68.6 Å². The summed E-state index contributed by atoms with van der Waals surface area (Å²) in [5, 5.41) is 3.66. The molecule has 0 radical (unpaired) electrons. The summed E-state index contributed by atoms with van der Waals surface area (Å²) < 4.78 is 5.25. The summed E-state index contributed by atoms with van der Waals surface area (Å²) >= 11 is 0. The number of nitrogens with one attached hydrogen (secondary N) is 1. The molecule has 0 bridgehead atoms. The van der Waals surface area contributed by atoms with E-state index in [9.17, 15) is 0 Å². The summed E-state index contributed by atoms with van der Waals surface area (Å²) in [6.07, 6.45) is 2.16. The Morgan fingerprint density at radius 1 is 0.870 bits per heavy atom. The number of rotatable bonds is 7. The molecule has 0 saturated heterocycles. The highest BCUT2D eigenvalue weighted by molar-refractivity contribution is 5.27. The second-order valence-electron chi connectivity index (χ2n) is 7.24. The minimum Gasteiger partial charge on any atom is -0.497 e. The molecule has 2 nitrogen and oxygen atoms in total. The molecule has 0 spiro atoms. The summed E-state index contributed by atoms with van der Waals surface area (Å²) in [5.41, 5.74) is 2.92.